The molecule has 0 aromatic heterocycles. The fourth-order valence-electron chi connectivity index (χ4n) is 2.96. The minimum Gasteiger partial charge on any atom is -0.482 e. The number of esters is 1. The number of sulfonamides is 1. The fourth-order valence-corrected chi connectivity index (χ4v) is 4.50. The molecule has 0 saturated carbocycles. The van der Waals surface area contributed by atoms with Crippen LogP contribution in [0.4, 0.5) is 5.69 Å². The van der Waals surface area contributed by atoms with Gasteiger partial charge in [0.05, 0.1) is 17.7 Å². The van der Waals surface area contributed by atoms with Gasteiger partial charge in [-0.1, -0.05) is 6.42 Å². The lowest BCUT2D eigenvalue weighted by Gasteiger charge is -2.30. The second-order valence-electron chi connectivity index (χ2n) is 5.94. The lowest BCUT2D eigenvalue weighted by Crippen LogP contribution is -2.42. The Labute approximate surface area is 146 Å². The Balaban J connectivity index is 1.96. The van der Waals surface area contributed by atoms with Crippen LogP contribution < -0.4 is 9.64 Å². The molecule has 9 heteroatoms. The molecule has 2 heterocycles. The van der Waals surface area contributed by atoms with Crippen LogP contribution >= 0.6 is 0 Å². The molecular formula is C16H20N2O6S. The van der Waals surface area contributed by atoms with E-state index in [1.165, 1.54) is 34.5 Å². The summed E-state index contributed by atoms with van der Waals surface area (Å²) in [6.07, 6.45) is 2.69. The fraction of sp³-hybridized carbons (Fsp3) is 0.500. The van der Waals surface area contributed by atoms with Crippen molar-refractivity contribution >= 4 is 27.6 Å². The van der Waals surface area contributed by atoms with E-state index in [2.05, 4.69) is 4.74 Å². The van der Waals surface area contributed by atoms with E-state index in [0.717, 1.165) is 19.3 Å². The number of methoxy groups -OCH3 is 1. The van der Waals surface area contributed by atoms with Crippen LogP contribution in [0.3, 0.4) is 0 Å². The molecule has 0 aliphatic carbocycles. The molecule has 0 bridgehead atoms. The van der Waals surface area contributed by atoms with Gasteiger partial charge in [0.2, 0.25) is 10.0 Å². The van der Waals surface area contributed by atoms with Gasteiger partial charge in [-0.25, -0.2) is 8.42 Å². The summed E-state index contributed by atoms with van der Waals surface area (Å²) < 4.78 is 37.1. The third-order valence-electron chi connectivity index (χ3n) is 4.34. The quantitative estimate of drug-likeness (QED) is 0.729. The number of carbonyl (C=O) groups is 2. The molecule has 136 valence electrons. The second kappa shape index (κ2) is 7.01. The first-order valence-electron chi connectivity index (χ1n) is 8.07. The summed E-state index contributed by atoms with van der Waals surface area (Å²) in [5.41, 5.74) is 0.264. The number of amides is 1. The summed E-state index contributed by atoms with van der Waals surface area (Å²) in [5, 5.41) is 0. The molecule has 0 N–H and O–H groups in total. The van der Waals surface area contributed by atoms with Crippen molar-refractivity contribution in [1.29, 1.82) is 0 Å². The van der Waals surface area contributed by atoms with E-state index in [0.29, 0.717) is 18.8 Å². The van der Waals surface area contributed by atoms with Gasteiger partial charge in [0.25, 0.3) is 5.91 Å². The van der Waals surface area contributed by atoms with E-state index in [4.69, 9.17) is 4.74 Å². The van der Waals surface area contributed by atoms with Crippen LogP contribution in [0.1, 0.15) is 19.3 Å². The molecule has 1 fully saturated rings. The van der Waals surface area contributed by atoms with Crippen LogP contribution in [-0.4, -0.2) is 58.0 Å². The molecule has 3 rings (SSSR count). The zero-order valence-electron chi connectivity index (χ0n) is 13.9. The maximum Gasteiger partial charge on any atom is 0.325 e. The average molecular weight is 368 g/mol. The molecule has 0 spiro atoms. The van der Waals surface area contributed by atoms with E-state index < -0.39 is 21.9 Å². The number of nitrogens with zero attached hydrogens (tertiary/aromatic N) is 2. The molecule has 8 nitrogen and oxygen atoms in total. The first kappa shape index (κ1) is 17.7. The van der Waals surface area contributed by atoms with E-state index >= 15 is 0 Å². The summed E-state index contributed by atoms with van der Waals surface area (Å²) in [4.78, 5) is 25.0. The predicted molar refractivity (Wildman–Crippen MR) is 88.9 cm³/mol. The van der Waals surface area contributed by atoms with Crippen molar-refractivity contribution in [1.82, 2.24) is 4.31 Å². The molecule has 2 aliphatic rings. The smallest absolute Gasteiger partial charge is 0.325 e. The molecule has 0 radical (unpaired) electrons. The number of benzene rings is 1. The first-order chi connectivity index (χ1) is 11.9. The highest BCUT2D eigenvalue weighted by Gasteiger charge is 2.31. The minimum atomic E-state index is -3.65. The van der Waals surface area contributed by atoms with Crippen molar-refractivity contribution in [3.05, 3.63) is 18.2 Å². The molecule has 1 aromatic carbocycles. The number of fused-ring (bicyclic) bond motifs is 1. The summed E-state index contributed by atoms with van der Waals surface area (Å²) in [7, 11) is -2.42. The van der Waals surface area contributed by atoms with Crippen molar-refractivity contribution in [3.63, 3.8) is 0 Å². The molecule has 1 saturated heterocycles. The van der Waals surface area contributed by atoms with Crippen molar-refractivity contribution in [2.24, 2.45) is 0 Å². The van der Waals surface area contributed by atoms with Crippen LogP contribution in [0.5, 0.6) is 5.75 Å². The lowest BCUT2D eigenvalue weighted by atomic mass is 10.2. The summed E-state index contributed by atoms with van der Waals surface area (Å²) in [5.74, 6) is -0.656. The Morgan fingerprint density at radius 2 is 1.96 bits per heavy atom. The van der Waals surface area contributed by atoms with E-state index in [1.54, 1.807) is 0 Å². The van der Waals surface area contributed by atoms with Crippen molar-refractivity contribution in [2.45, 2.75) is 24.2 Å². The van der Waals surface area contributed by atoms with Crippen LogP contribution in [0.15, 0.2) is 23.1 Å². The molecule has 0 unspecified atom stereocenters. The maximum absolute atomic E-state index is 12.8. The Kier molecular flexibility index (Phi) is 4.96. The number of rotatable bonds is 4. The van der Waals surface area contributed by atoms with E-state index in [9.17, 15) is 18.0 Å². The molecule has 1 amide bonds. The molecule has 25 heavy (non-hydrogen) atoms. The number of hydrogen-bond acceptors (Lipinski definition) is 6. The highest BCUT2D eigenvalue weighted by Crippen LogP contribution is 2.35. The third-order valence-corrected chi connectivity index (χ3v) is 6.24. The Morgan fingerprint density at radius 3 is 2.64 bits per heavy atom. The highest BCUT2D eigenvalue weighted by molar-refractivity contribution is 7.89. The van der Waals surface area contributed by atoms with Gasteiger partial charge >= 0.3 is 5.97 Å². The van der Waals surface area contributed by atoms with E-state index in [-0.39, 0.29) is 23.7 Å². The topological polar surface area (TPSA) is 93.2 Å². The van der Waals surface area contributed by atoms with Gasteiger partial charge in [-0.15, -0.1) is 0 Å². The lowest BCUT2D eigenvalue weighted by molar-refractivity contribution is -0.140. The number of hydrogen-bond donors (Lipinski definition) is 0. The predicted octanol–water partition coefficient (Wildman–Crippen LogP) is 0.760. The van der Waals surface area contributed by atoms with Crippen molar-refractivity contribution < 1.29 is 27.5 Å². The zero-order valence-corrected chi connectivity index (χ0v) is 14.8. The van der Waals surface area contributed by atoms with Gasteiger partial charge in [-0.3, -0.25) is 14.5 Å². The largest absolute Gasteiger partial charge is 0.482 e. The standard InChI is InChI=1S/C16H20N2O6S/c1-23-16(20)10-18-13-9-12(5-6-14(13)24-11-15(18)19)25(21,22)17-7-3-2-4-8-17/h5-6,9H,2-4,7-8,10-11H2,1H3. The first-order valence-corrected chi connectivity index (χ1v) is 9.51. The number of ether oxygens (including phenoxy) is 2. The SMILES string of the molecule is COC(=O)CN1C(=O)COc2ccc(S(=O)(=O)N3CCCCC3)cc21. The van der Waals surface area contributed by atoms with Gasteiger partial charge in [0.15, 0.2) is 6.61 Å². The van der Waals surface area contributed by atoms with Gasteiger partial charge in [-0.2, -0.15) is 4.31 Å². The van der Waals surface area contributed by atoms with E-state index in [1.807, 2.05) is 0 Å². The van der Waals surface area contributed by atoms with Gasteiger partial charge in [0.1, 0.15) is 12.3 Å². The van der Waals surface area contributed by atoms with Crippen molar-refractivity contribution in [3.8, 4) is 5.75 Å². The minimum absolute atomic E-state index is 0.0846. The maximum atomic E-state index is 12.8. The van der Waals surface area contributed by atoms with Crippen LogP contribution in [0, 0.1) is 0 Å². The normalized spacial score (nSPS) is 18.4. The van der Waals surface area contributed by atoms with Gasteiger partial charge < -0.3 is 9.47 Å². The van der Waals surface area contributed by atoms with Crippen molar-refractivity contribution in [2.75, 3.05) is 38.3 Å². The average Bonchev–Trinajstić information content (AvgIpc) is 2.64. The zero-order chi connectivity index (χ0) is 18.0. The van der Waals surface area contributed by atoms with Crippen LogP contribution in [0.25, 0.3) is 0 Å². The van der Waals surface area contributed by atoms with Crippen LogP contribution in [0.2, 0.25) is 0 Å². The van der Waals surface area contributed by atoms with Gasteiger partial charge in [0, 0.05) is 13.1 Å². The van der Waals surface area contributed by atoms with Gasteiger partial charge in [-0.05, 0) is 31.0 Å². The third kappa shape index (κ3) is 3.47. The Morgan fingerprint density at radius 1 is 1.24 bits per heavy atom. The molecule has 0 atom stereocenters. The second-order valence-corrected chi connectivity index (χ2v) is 7.88. The highest BCUT2D eigenvalue weighted by atomic mass is 32.2. The molecule has 1 aromatic rings. The number of carbonyl (C=O) groups excluding carboxylic acids is 2. The monoisotopic (exact) mass is 368 g/mol. The summed E-state index contributed by atoms with van der Waals surface area (Å²) in [6, 6.07) is 4.37. The summed E-state index contributed by atoms with van der Waals surface area (Å²) >= 11 is 0. The number of anilines is 1. The summed E-state index contributed by atoms with van der Waals surface area (Å²) in [6.45, 7) is 0.475. The number of piperidine rings is 1. The Hall–Kier alpha value is -2.13. The molecular weight excluding hydrogens is 348 g/mol. The van der Waals surface area contributed by atoms with Crippen LogP contribution in [-0.2, 0) is 24.3 Å². The molecule has 2 aliphatic heterocycles. The Bertz CT molecular complexity index is 786.